The summed E-state index contributed by atoms with van der Waals surface area (Å²) in [5.74, 6) is 3.82. The third kappa shape index (κ3) is 1.98. The average molecular weight is 154 g/mol. The fourth-order valence-electron chi connectivity index (χ4n) is 3.02. The van der Waals surface area contributed by atoms with Crippen molar-refractivity contribution in [2.24, 2.45) is 23.7 Å². The largest absolute Gasteiger partial charge is 0.0625 e. The van der Waals surface area contributed by atoms with Gasteiger partial charge < -0.3 is 0 Å². The highest BCUT2D eigenvalue weighted by atomic mass is 14.3. The highest BCUT2D eigenvalue weighted by molar-refractivity contribution is 4.79. The van der Waals surface area contributed by atoms with Crippen molar-refractivity contribution in [3.05, 3.63) is 0 Å². The van der Waals surface area contributed by atoms with E-state index in [2.05, 4.69) is 27.7 Å². The highest BCUT2D eigenvalue weighted by Crippen LogP contribution is 2.38. The van der Waals surface area contributed by atoms with Crippen LogP contribution < -0.4 is 0 Å². The molecule has 1 saturated carbocycles. The molecule has 0 radical (unpaired) electrons. The van der Waals surface area contributed by atoms with Gasteiger partial charge in [0.2, 0.25) is 0 Å². The Hall–Kier alpha value is 0. The molecule has 1 rings (SSSR count). The molecule has 1 aliphatic carbocycles. The molecule has 0 heteroatoms. The van der Waals surface area contributed by atoms with Gasteiger partial charge in [-0.05, 0) is 23.7 Å². The molecule has 0 aromatic carbocycles. The summed E-state index contributed by atoms with van der Waals surface area (Å²) in [6.45, 7) is 9.62. The standard InChI is InChI=1S/C11H22/c1-8(2)11-9(3)6-5-7-10(11)4/h8-11H,5-7H2,1-4H3. The second kappa shape index (κ2) is 3.60. The predicted octanol–water partition coefficient (Wildman–Crippen LogP) is 3.71. The van der Waals surface area contributed by atoms with Gasteiger partial charge in [-0.15, -0.1) is 0 Å². The Morgan fingerprint density at radius 1 is 1.00 bits per heavy atom. The van der Waals surface area contributed by atoms with Crippen LogP contribution in [0.1, 0.15) is 47.0 Å². The summed E-state index contributed by atoms with van der Waals surface area (Å²) in [7, 11) is 0. The molecular formula is C11H22. The molecule has 0 N–H and O–H groups in total. The van der Waals surface area contributed by atoms with Crippen molar-refractivity contribution in [1.82, 2.24) is 0 Å². The van der Waals surface area contributed by atoms with Gasteiger partial charge in [-0.25, -0.2) is 0 Å². The van der Waals surface area contributed by atoms with Gasteiger partial charge in [0.15, 0.2) is 0 Å². The SMILES string of the molecule is CC(C)C1C(C)CCCC1C. The van der Waals surface area contributed by atoms with Crippen LogP contribution in [0.25, 0.3) is 0 Å². The fraction of sp³-hybridized carbons (Fsp3) is 1.00. The molecule has 1 aliphatic rings. The molecule has 0 aromatic heterocycles. The van der Waals surface area contributed by atoms with Gasteiger partial charge in [-0.2, -0.15) is 0 Å². The topological polar surface area (TPSA) is 0 Å². The lowest BCUT2D eigenvalue weighted by molar-refractivity contribution is 0.129. The second-order valence-electron chi connectivity index (χ2n) is 4.71. The molecule has 2 unspecified atom stereocenters. The van der Waals surface area contributed by atoms with Crippen molar-refractivity contribution in [2.45, 2.75) is 47.0 Å². The van der Waals surface area contributed by atoms with Crippen LogP contribution in [0, 0.1) is 23.7 Å². The molecule has 0 saturated heterocycles. The van der Waals surface area contributed by atoms with E-state index in [9.17, 15) is 0 Å². The molecule has 0 aromatic rings. The zero-order chi connectivity index (χ0) is 8.43. The summed E-state index contributed by atoms with van der Waals surface area (Å²) in [5, 5.41) is 0. The van der Waals surface area contributed by atoms with Crippen LogP contribution in [0.4, 0.5) is 0 Å². The number of rotatable bonds is 1. The number of hydrogen-bond acceptors (Lipinski definition) is 0. The van der Waals surface area contributed by atoms with Gasteiger partial charge in [-0.3, -0.25) is 0 Å². The van der Waals surface area contributed by atoms with Gasteiger partial charge >= 0.3 is 0 Å². The van der Waals surface area contributed by atoms with E-state index in [0.29, 0.717) is 0 Å². The Morgan fingerprint density at radius 3 is 1.73 bits per heavy atom. The van der Waals surface area contributed by atoms with E-state index in [1.54, 1.807) is 0 Å². The first kappa shape index (κ1) is 9.09. The predicted molar refractivity (Wildman–Crippen MR) is 50.5 cm³/mol. The third-order valence-corrected chi connectivity index (χ3v) is 3.40. The normalized spacial score (nSPS) is 39.5. The Morgan fingerprint density at radius 2 is 1.45 bits per heavy atom. The van der Waals surface area contributed by atoms with Gasteiger partial charge in [0.1, 0.15) is 0 Å². The molecule has 0 amide bonds. The van der Waals surface area contributed by atoms with Gasteiger partial charge in [0, 0.05) is 0 Å². The van der Waals surface area contributed by atoms with E-state index in [0.717, 1.165) is 23.7 Å². The average Bonchev–Trinajstić information content (AvgIpc) is 1.85. The van der Waals surface area contributed by atoms with Crippen molar-refractivity contribution in [2.75, 3.05) is 0 Å². The molecule has 0 nitrogen and oxygen atoms in total. The van der Waals surface area contributed by atoms with Crippen LogP contribution in [-0.2, 0) is 0 Å². The first-order valence-corrected chi connectivity index (χ1v) is 5.13. The van der Waals surface area contributed by atoms with Crippen LogP contribution in [0.2, 0.25) is 0 Å². The first-order chi connectivity index (χ1) is 5.13. The summed E-state index contributed by atoms with van der Waals surface area (Å²) in [4.78, 5) is 0. The highest BCUT2D eigenvalue weighted by Gasteiger charge is 2.29. The maximum absolute atomic E-state index is 2.43. The van der Waals surface area contributed by atoms with E-state index in [-0.39, 0.29) is 0 Å². The van der Waals surface area contributed by atoms with Crippen LogP contribution >= 0.6 is 0 Å². The zero-order valence-corrected chi connectivity index (χ0v) is 8.43. The van der Waals surface area contributed by atoms with E-state index in [4.69, 9.17) is 0 Å². The Bertz CT molecular complexity index is 105. The van der Waals surface area contributed by atoms with E-state index in [1.807, 2.05) is 0 Å². The van der Waals surface area contributed by atoms with Crippen molar-refractivity contribution in [3.8, 4) is 0 Å². The van der Waals surface area contributed by atoms with Crippen LogP contribution in [0.5, 0.6) is 0 Å². The molecule has 2 atom stereocenters. The van der Waals surface area contributed by atoms with Crippen molar-refractivity contribution < 1.29 is 0 Å². The quantitative estimate of drug-likeness (QED) is 0.540. The molecule has 0 spiro atoms. The molecule has 1 fully saturated rings. The van der Waals surface area contributed by atoms with Crippen LogP contribution in [-0.4, -0.2) is 0 Å². The summed E-state index contributed by atoms with van der Waals surface area (Å²) < 4.78 is 0. The van der Waals surface area contributed by atoms with E-state index < -0.39 is 0 Å². The van der Waals surface area contributed by atoms with Gasteiger partial charge in [0.05, 0.1) is 0 Å². The summed E-state index contributed by atoms with van der Waals surface area (Å²) >= 11 is 0. The summed E-state index contributed by atoms with van der Waals surface area (Å²) in [6.07, 6.45) is 4.39. The minimum Gasteiger partial charge on any atom is -0.0625 e. The molecule has 11 heavy (non-hydrogen) atoms. The Kier molecular flexibility index (Phi) is 2.98. The molecule has 0 heterocycles. The maximum atomic E-state index is 2.43. The lowest BCUT2D eigenvalue weighted by Crippen LogP contribution is -2.28. The zero-order valence-electron chi connectivity index (χ0n) is 8.43. The molecule has 66 valence electrons. The van der Waals surface area contributed by atoms with Gasteiger partial charge in [-0.1, -0.05) is 47.0 Å². The van der Waals surface area contributed by atoms with E-state index in [1.165, 1.54) is 19.3 Å². The molecular weight excluding hydrogens is 132 g/mol. The van der Waals surface area contributed by atoms with Crippen molar-refractivity contribution in [3.63, 3.8) is 0 Å². The van der Waals surface area contributed by atoms with Crippen LogP contribution in [0.15, 0.2) is 0 Å². The molecule has 0 aliphatic heterocycles. The summed E-state index contributed by atoms with van der Waals surface area (Å²) in [5.41, 5.74) is 0. The number of hydrogen-bond donors (Lipinski definition) is 0. The van der Waals surface area contributed by atoms with Gasteiger partial charge in [0.25, 0.3) is 0 Å². The minimum absolute atomic E-state index is 0.889. The lowest BCUT2D eigenvalue weighted by atomic mass is 9.69. The first-order valence-electron chi connectivity index (χ1n) is 5.13. The van der Waals surface area contributed by atoms with E-state index >= 15 is 0 Å². The maximum Gasteiger partial charge on any atom is -0.0340 e. The monoisotopic (exact) mass is 154 g/mol. The lowest BCUT2D eigenvalue weighted by Gasteiger charge is -2.37. The van der Waals surface area contributed by atoms with Crippen LogP contribution in [0.3, 0.4) is 0 Å². The third-order valence-electron chi connectivity index (χ3n) is 3.40. The Labute approximate surface area is 71.4 Å². The van der Waals surface area contributed by atoms with Crippen molar-refractivity contribution >= 4 is 0 Å². The smallest absolute Gasteiger partial charge is 0.0340 e. The summed E-state index contributed by atoms with van der Waals surface area (Å²) in [6, 6.07) is 0. The van der Waals surface area contributed by atoms with Crippen molar-refractivity contribution in [1.29, 1.82) is 0 Å². The second-order valence-corrected chi connectivity index (χ2v) is 4.71. The minimum atomic E-state index is 0.889. The Balaban J connectivity index is 2.55. The fourth-order valence-corrected chi connectivity index (χ4v) is 3.02. The molecule has 0 bridgehead atoms.